The Morgan fingerprint density at radius 3 is 2.30 bits per heavy atom. The van der Waals surface area contributed by atoms with Crippen molar-refractivity contribution < 1.29 is 5.11 Å². The number of hydrogen-bond acceptors (Lipinski definition) is 4. The summed E-state index contributed by atoms with van der Waals surface area (Å²) in [5.41, 5.74) is 7.62. The summed E-state index contributed by atoms with van der Waals surface area (Å²) in [6.07, 6.45) is 0. The SMILES string of the molecule is CC(C)(O)CN1CCN(Cc2cccc(CN)c2)CC1. The zero-order valence-electron chi connectivity index (χ0n) is 12.7. The van der Waals surface area contributed by atoms with E-state index >= 15 is 0 Å². The van der Waals surface area contributed by atoms with E-state index < -0.39 is 5.60 Å². The van der Waals surface area contributed by atoms with Gasteiger partial charge in [0, 0.05) is 45.8 Å². The van der Waals surface area contributed by atoms with Crippen molar-refractivity contribution in [1.82, 2.24) is 9.80 Å². The summed E-state index contributed by atoms with van der Waals surface area (Å²) in [7, 11) is 0. The highest BCUT2D eigenvalue weighted by atomic mass is 16.3. The molecule has 0 aromatic heterocycles. The molecular formula is C16H27N3O. The van der Waals surface area contributed by atoms with E-state index in [1.807, 2.05) is 13.8 Å². The average Bonchev–Trinajstić information content (AvgIpc) is 2.40. The summed E-state index contributed by atoms with van der Waals surface area (Å²) < 4.78 is 0. The Morgan fingerprint density at radius 2 is 1.70 bits per heavy atom. The highest BCUT2D eigenvalue weighted by Crippen LogP contribution is 2.12. The Morgan fingerprint density at radius 1 is 1.10 bits per heavy atom. The summed E-state index contributed by atoms with van der Waals surface area (Å²) in [5.74, 6) is 0. The molecule has 0 unspecified atom stereocenters. The van der Waals surface area contributed by atoms with Gasteiger partial charge in [0.25, 0.3) is 0 Å². The van der Waals surface area contributed by atoms with Crippen molar-refractivity contribution in [2.45, 2.75) is 32.5 Å². The molecule has 1 heterocycles. The molecule has 4 heteroatoms. The predicted molar refractivity (Wildman–Crippen MR) is 82.3 cm³/mol. The zero-order chi connectivity index (χ0) is 14.6. The summed E-state index contributed by atoms with van der Waals surface area (Å²) >= 11 is 0. The molecule has 20 heavy (non-hydrogen) atoms. The molecule has 1 saturated heterocycles. The number of nitrogens with zero attached hydrogens (tertiary/aromatic N) is 2. The lowest BCUT2D eigenvalue weighted by Crippen LogP contribution is -2.50. The van der Waals surface area contributed by atoms with E-state index in [1.165, 1.54) is 11.1 Å². The van der Waals surface area contributed by atoms with Crippen molar-refractivity contribution >= 4 is 0 Å². The van der Waals surface area contributed by atoms with Crippen LogP contribution in [0.5, 0.6) is 0 Å². The first-order valence-electron chi connectivity index (χ1n) is 7.41. The molecule has 4 nitrogen and oxygen atoms in total. The van der Waals surface area contributed by atoms with Crippen LogP contribution in [0.25, 0.3) is 0 Å². The van der Waals surface area contributed by atoms with Crippen LogP contribution < -0.4 is 5.73 Å². The lowest BCUT2D eigenvalue weighted by atomic mass is 10.1. The Labute approximate surface area is 122 Å². The van der Waals surface area contributed by atoms with Gasteiger partial charge in [-0.15, -0.1) is 0 Å². The van der Waals surface area contributed by atoms with Crippen LogP contribution in [0.1, 0.15) is 25.0 Å². The molecule has 1 aromatic carbocycles. The van der Waals surface area contributed by atoms with Crippen LogP contribution in [0.4, 0.5) is 0 Å². The third-order valence-corrected chi connectivity index (χ3v) is 3.71. The standard InChI is InChI=1S/C16H27N3O/c1-16(2,20)13-19-8-6-18(7-9-19)12-15-5-3-4-14(10-15)11-17/h3-5,10,20H,6-9,11-13,17H2,1-2H3. The van der Waals surface area contributed by atoms with Gasteiger partial charge >= 0.3 is 0 Å². The molecule has 0 aliphatic carbocycles. The van der Waals surface area contributed by atoms with Gasteiger partial charge in [0.2, 0.25) is 0 Å². The number of piperazine rings is 1. The van der Waals surface area contributed by atoms with E-state index in [0.29, 0.717) is 6.54 Å². The molecule has 112 valence electrons. The fraction of sp³-hybridized carbons (Fsp3) is 0.625. The fourth-order valence-electron chi connectivity index (χ4n) is 2.77. The summed E-state index contributed by atoms with van der Waals surface area (Å²) in [6.45, 7) is 10.3. The van der Waals surface area contributed by atoms with Gasteiger partial charge in [0.1, 0.15) is 0 Å². The van der Waals surface area contributed by atoms with E-state index in [-0.39, 0.29) is 0 Å². The molecule has 0 amide bonds. The van der Waals surface area contributed by atoms with Gasteiger partial charge in [0.15, 0.2) is 0 Å². The Kier molecular flexibility index (Phi) is 5.16. The van der Waals surface area contributed by atoms with Crippen molar-refractivity contribution in [3.63, 3.8) is 0 Å². The van der Waals surface area contributed by atoms with Crippen LogP contribution in [0.3, 0.4) is 0 Å². The van der Waals surface area contributed by atoms with Gasteiger partial charge in [-0.3, -0.25) is 9.80 Å². The molecule has 3 N–H and O–H groups in total. The summed E-state index contributed by atoms with van der Waals surface area (Å²) in [4.78, 5) is 4.81. The van der Waals surface area contributed by atoms with Gasteiger partial charge in [-0.1, -0.05) is 24.3 Å². The minimum absolute atomic E-state index is 0.600. The lowest BCUT2D eigenvalue weighted by molar-refractivity contribution is 0.0167. The van der Waals surface area contributed by atoms with Crippen molar-refractivity contribution in [3.8, 4) is 0 Å². The Balaban J connectivity index is 1.82. The fourth-order valence-corrected chi connectivity index (χ4v) is 2.77. The smallest absolute Gasteiger partial charge is 0.0718 e. The van der Waals surface area contributed by atoms with Crippen molar-refractivity contribution in [1.29, 1.82) is 0 Å². The zero-order valence-corrected chi connectivity index (χ0v) is 12.7. The minimum Gasteiger partial charge on any atom is -0.389 e. The molecule has 2 rings (SSSR count). The van der Waals surface area contributed by atoms with Gasteiger partial charge in [-0.25, -0.2) is 0 Å². The number of rotatable bonds is 5. The Hall–Kier alpha value is -0.940. The summed E-state index contributed by atoms with van der Waals surface area (Å²) in [6, 6.07) is 8.53. The van der Waals surface area contributed by atoms with Crippen LogP contribution in [0, 0.1) is 0 Å². The number of aliphatic hydroxyl groups is 1. The van der Waals surface area contributed by atoms with Crippen LogP contribution >= 0.6 is 0 Å². The first-order chi connectivity index (χ1) is 9.46. The molecule has 0 spiro atoms. The lowest BCUT2D eigenvalue weighted by Gasteiger charge is -2.37. The molecular weight excluding hydrogens is 250 g/mol. The normalized spacial score (nSPS) is 18.4. The molecule has 1 aromatic rings. The average molecular weight is 277 g/mol. The number of hydrogen-bond donors (Lipinski definition) is 2. The molecule has 1 fully saturated rings. The summed E-state index contributed by atoms with van der Waals surface area (Å²) in [5, 5.41) is 9.86. The predicted octanol–water partition coefficient (Wildman–Crippen LogP) is 1.03. The van der Waals surface area contributed by atoms with Gasteiger partial charge in [-0.2, -0.15) is 0 Å². The van der Waals surface area contributed by atoms with E-state index in [9.17, 15) is 5.11 Å². The second kappa shape index (κ2) is 6.68. The highest BCUT2D eigenvalue weighted by Gasteiger charge is 2.22. The number of benzene rings is 1. The molecule has 1 aliphatic rings. The quantitative estimate of drug-likeness (QED) is 0.844. The van der Waals surface area contributed by atoms with Crippen LogP contribution in [0.2, 0.25) is 0 Å². The monoisotopic (exact) mass is 277 g/mol. The number of β-amino-alcohol motifs (C(OH)–C–C–N with tert-alkyl or cyclic N) is 1. The maximum absolute atomic E-state index is 9.86. The second-order valence-electron chi connectivity index (χ2n) is 6.39. The van der Waals surface area contributed by atoms with E-state index in [1.54, 1.807) is 0 Å². The third-order valence-electron chi connectivity index (χ3n) is 3.71. The van der Waals surface area contributed by atoms with Gasteiger partial charge in [0.05, 0.1) is 5.60 Å². The van der Waals surface area contributed by atoms with Crippen molar-refractivity contribution in [3.05, 3.63) is 35.4 Å². The molecule has 0 saturated carbocycles. The largest absolute Gasteiger partial charge is 0.389 e. The van der Waals surface area contributed by atoms with Crippen molar-refractivity contribution in [2.24, 2.45) is 5.73 Å². The topological polar surface area (TPSA) is 52.7 Å². The highest BCUT2D eigenvalue weighted by molar-refractivity contribution is 5.23. The van der Waals surface area contributed by atoms with Crippen LogP contribution in [0.15, 0.2) is 24.3 Å². The first kappa shape index (κ1) is 15.4. The van der Waals surface area contributed by atoms with Gasteiger partial charge in [-0.05, 0) is 25.0 Å². The third kappa shape index (κ3) is 4.87. The maximum Gasteiger partial charge on any atom is 0.0718 e. The van der Waals surface area contributed by atoms with Gasteiger partial charge < -0.3 is 10.8 Å². The molecule has 0 radical (unpaired) electrons. The van der Waals surface area contributed by atoms with Crippen LogP contribution in [-0.2, 0) is 13.1 Å². The molecule has 1 aliphatic heterocycles. The first-order valence-corrected chi connectivity index (χ1v) is 7.41. The number of nitrogens with two attached hydrogens (primary N) is 1. The van der Waals surface area contributed by atoms with Crippen molar-refractivity contribution in [2.75, 3.05) is 32.7 Å². The minimum atomic E-state index is -0.600. The molecule has 0 bridgehead atoms. The van der Waals surface area contributed by atoms with E-state index in [0.717, 1.165) is 39.3 Å². The van der Waals surface area contributed by atoms with E-state index in [4.69, 9.17) is 5.73 Å². The maximum atomic E-state index is 9.86. The van der Waals surface area contributed by atoms with E-state index in [2.05, 4.69) is 34.1 Å². The Bertz CT molecular complexity index is 420. The second-order valence-corrected chi connectivity index (χ2v) is 6.39. The molecule has 0 atom stereocenters. The van der Waals surface area contributed by atoms with Crippen LogP contribution in [-0.4, -0.2) is 53.2 Å².